The molecule has 42 heavy (non-hydrogen) atoms. The van der Waals surface area contributed by atoms with Crippen LogP contribution in [0.15, 0.2) is 109 Å². The van der Waals surface area contributed by atoms with Crippen LogP contribution in [0.25, 0.3) is 22.5 Å². The Balaban J connectivity index is 1.40. The number of hydrogen-bond donors (Lipinski definition) is 2. The maximum absolute atomic E-state index is 14.4. The molecule has 0 aliphatic rings. The van der Waals surface area contributed by atoms with Crippen LogP contribution in [0.3, 0.4) is 0 Å². The van der Waals surface area contributed by atoms with E-state index in [0.717, 1.165) is 34.0 Å². The minimum absolute atomic E-state index is 0.131. The Morgan fingerprint density at radius 3 is 1.31 bits per heavy atom. The zero-order valence-electron chi connectivity index (χ0n) is 22.8. The number of aromatic nitrogens is 2. The second kappa shape index (κ2) is 12.3. The van der Waals surface area contributed by atoms with Crippen LogP contribution in [0.5, 0.6) is 11.5 Å². The van der Waals surface area contributed by atoms with Crippen LogP contribution < -0.4 is 20.1 Å². The molecule has 7 nitrogen and oxygen atoms in total. The van der Waals surface area contributed by atoms with Crippen molar-refractivity contribution in [1.82, 2.24) is 9.97 Å². The van der Waals surface area contributed by atoms with Gasteiger partial charge in [-0.15, -0.1) is 0 Å². The third-order valence-electron chi connectivity index (χ3n) is 6.44. The summed E-state index contributed by atoms with van der Waals surface area (Å²) in [6.07, 6.45) is 0. The fourth-order valence-corrected chi connectivity index (χ4v) is 6.31. The lowest BCUT2D eigenvalue weighted by Crippen LogP contribution is -2.00. The van der Waals surface area contributed by atoms with Gasteiger partial charge in [-0.1, -0.05) is 83.3 Å². The largest absolute Gasteiger partial charge is 0.497 e. The number of benzene rings is 4. The summed E-state index contributed by atoms with van der Waals surface area (Å²) in [5, 5.41) is 7.93. The summed E-state index contributed by atoms with van der Waals surface area (Å²) in [6.45, 7) is 0. The number of ketones is 1. The lowest BCUT2D eigenvalue weighted by atomic mass is 10.1. The molecule has 0 bridgehead atoms. The molecule has 0 radical (unpaired) electrons. The number of nitrogens with one attached hydrogen (secondary N) is 2. The average Bonchev–Trinajstić information content (AvgIpc) is 3.67. The predicted molar refractivity (Wildman–Crippen MR) is 171 cm³/mol. The third kappa shape index (κ3) is 5.88. The summed E-state index contributed by atoms with van der Waals surface area (Å²) in [7, 11) is 3.27. The Hall–Kier alpha value is -4.99. The molecule has 0 aliphatic carbocycles. The Morgan fingerprint density at radius 1 is 0.571 bits per heavy atom. The Morgan fingerprint density at radius 2 is 0.952 bits per heavy atom. The summed E-state index contributed by atoms with van der Waals surface area (Å²) in [5.41, 5.74) is 4.66. The molecule has 2 N–H and O–H groups in total. The highest BCUT2D eigenvalue weighted by atomic mass is 32.1. The molecule has 0 atom stereocenters. The Labute approximate surface area is 251 Å². The highest BCUT2D eigenvalue weighted by molar-refractivity contribution is 7.21. The second-order valence-electron chi connectivity index (χ2n) is 9.16. The van der Waals surface area contributed by atoms with Crippen LogP contribution in [-0.2, 0) is 0 Å². The molecule has 0 aliphatic heterocycles. The van der Waals surface area contributed by atoms with Crippen LogP contribution in [0.2, 0.25) is 0 Å². The van der Waals surface area contributed by atoms with Gasteiger partial charge in [0.25, 0.3) is 0 Å². The van der Waals surface area contributed by atoms with Gasteiger partial charge in [0.15, 0.2) is 10.3 Å². The molecular weight excluding hydrogens is 565 g/mol. The lowest BCUT2D eigenvalue weighted by molar-refractivity contribution is 0.104. The van der Waals surface area contributed by atoms with Gasteiger partial charge in [0.05, 0.1) is 25.6 Å². The highest BCUT2D eigenvalue weighted by Crippen LogP contribution is 2.39. The molecule has 9 heteroatoms. The monoisotopic (exact) mass is 590 g/mol. The molecule has 0 fully saturated rings. The molecule has 2 aromatic heterocycles. The Kier molecular flexibility index (Phi) is 7.94. The molecular formula is C33H26N4O3S2. The Bertz CT molecular complexity index is 1670. The molecule has 4 aromatic carbocycles. The molecule has 6 rings (SSSR count). The van der Waals surface area contributed by atoms with Gasteiger partial charge in [-0.05, 0) is 48.5 Å². The van der Waals surface area contributed by atoms with Crippen molar-refractivity contribution >= 4 is 50.1 Å². The normalized spacial score (nSPS) is 10.7. The zero-order chi connectivity index (χ0) is 28.9. The van der Waals surface area contributed by atoms with Gasteiger partial charge in [-0.2, -0.15) is 0 Å². The van der Waals surface area contributed by atoms with E-state index in [0.29, 0.717) is 31.4 Å². The van der Waals surface area contributed by atoms with Crippen molar-refractivity contribution in [2.24, 2.45) is 0 Å². The van der Waals surface area contributed by atoms with Gasteiger partial charge in [0.1, 0.15) is 21.3 Å². The summed E-state index contributed by atoms with van der Waals surface area (Å²) >= 11 is 2.65. The van der Waals surface area contributed by atoms with Gasteiger partial charge in [-0.3, -0.25) is 4.79 Å². The van der Waals surface area contributed by atoms with Crippen LogP contribution in [0, 0.1) is 0 Å². The van der Waals surface area contributed by atoms with E-state index in [1.165, 1.54) is 22.7 Å². The maximum Gasteiger partial charge on any atom is 0.217 e. The van der Waals surface area contributed by atoms with Crippen molar-refractivity contribution in [3.8, 4) is 34.0 Å². The van der Waals surface area contributed by atoms with Crippen molar-refractivity contribution in [2.75, 3.05) is 24.9 Å². The quantitative estimate of drug-likeness (QED) is 0.154. The van der Waals surface area contributed by atoms with Gasteiger partial charge < -0.3 is 20.1 Å². The summed E-state index contributed by atoms with van der Waals surface area (Å²) in [4.78, 5) is 25.2. The second-order valence-corrected chi connectivity index (χ2v) is 11.2. The van der Waals surface area contributed by atoms with Gasteiger partial charge in [0, 0.05) is 22.5 Å². The number of thiazole rings is 2. The van der Waals surface area contributed by atoms with E-state index in [-0.39, 0.29) is 5.78 Å². The SMILES string of the molecule is COc1ccc(Nc2nc(-c3ccccc3)c(C(=O)c3sc(Nc4ccc(OC)cc4)nc3-c3ccccc3)s2)cc1. The summed E-state index contributed by atoms with van der Waals surface area (Å²) < 4.78 is 10.6. The number of anilines is 4. The molecule has 208 valence electrons. The predicted octanol–water partition coefficient (Wildman–Crippen LogP) is 8.67. The van der Waals surface area contributed by atoms with Crippen LogP contribution in [-0.4, -0.2) is 30.0 Å². The van der Waals surface area contributed by atoms with E-state index in [1.807, 2.05) is 109 Å². The summed E-state index contributed by atoms with van der Waals surface area (Å²) in [6, 6.07) is 34.7. The fraction of sp³-hybridized carbons (Fsp3) is 0.0606. The minimum atomic E-state index is -0.131. The van der Waals surface area contributed by atoms with Crippen molar-refractivity contribution in [1.29, 1.82) is 0 Å². The van der Waals surface area contributed by atoms with E-state index in [2.05, 4.69) is 10.6 Å². The third-order valence-corrected chi connectivity index (χ3v) is 8.38. The number of rotatable bonds is 10. The number of methoxy groups -OCH3 is 2. The first-order valence-electron chi connectivity index (χ1n) is 13.1. The van der Waals surface area contributed by atoms with Crippen molar-refractivity contribution < 1.29 is 14.3 Å². The number of hydrogen-bond acceptors (Lipinski definition) is 9. The molecule has 0 amide bonds. The molecule has 6 aromatic rings. The first-order valence-corrected chi connectivity index (χ1v) is 14.7. The zero-order valence-corrected chi connectivity index (χ0v) is 24.5. The van der Waals surface area contributed by atoms with E-state index < -0.39 is 0 Å². The van der Waals surface area contributed by atoms with E-state index in [1.54, 1.807) is 14.2 Å². The molecule has 0 saturated heterocycles. The van der Waals surface area contributed by atoms with Crippen molar-refractivity contribution in [3.05, 3.63) is 119 Å². The van der Waals surface area contributed by atoms with Crippen LogP contribution >= 0.6 is 22.7 Å². The van der Waals surface area contributed by atoms with Gasteiger partial charge >= 0.3 is 0 Å². The molecule has 0 spiro atoms. The maximum atomic E-state index is 14.4. The summed E-state index contributed by atoms with van der Waals surface area (Å²) in [5.74, 6) is 1.39. The van der Waals surface area contributed by atoms with E-state index in [4.69, 9.17) is 19.4 Å². The number of carbonyl (C=O) groups is 1. The molecule has 2 heterocycles. The van der Waals surface area contributed by atoms with Crippen LogP contribution in [0.4, 0.5) is 21.6 Å². The first-order chi connectivity index (χ1) is 20.6. The standard InChI is InChI=1S/C33H26N4O3S2/c1-39-25-17-13-23(14-18-25)34-32-36-27(21-9-5-3-6-10-21)30(41-32)29(38)31-28(22-11-7-4-8-12-22)37-33(42-31)35-24-15-19-26(40-2)20-16-24/h3-20H,1-2H3,(H,34,36)(H,35,37). The van der Waals surface area contributed by atoms with E-state index >= 15 is 0 Å². The topological polar surface area (TPSA) is 85.4 Å². The highest BCUT2D eigenvalue weighted by Gasteiger charge is 2.27. The molecule has 0 unspecified atom stereocenters. The van der Waals surface area contributed by atoms with Crippen molar-refractivity contribution in [2.45, 2.75) is 0 Å². The van der Waals surface area contributed by atoms with Gasteiger partial charge in [0.2, 0.25) is 5.78 Å². The molecule has 0 saturated carbocycles. The number of nitrogens with zero attached hydrogens (tertiary/aromatic N) is 2. The van der Waals surface area contributed by atoms with Crippen molar-refractivity contribution in [3.63, 3.8) is 0 Å². The smallest absolute Gasteiger partial charge is 0.217 e. The number of ether oxygens (including phenoxy) is 2. The fourth-order valence-electron chi connectivity index (χ4n) is 4.34. The lowest BCUT2D eigenvalue weighted by Gasteiger charge is -2.03. The first kappa shape index (κ1) is 27.2. The van der Waals surface area contributed by atoms with Gasteiger partial charge in [-0.25, -0.2) is 9.97 Å². The number of carbonyl (C=O) groups excluding carboxylic acids is 1. The van der Waals surface area contributed by atoms with Crippen LogP contribution in [0.1, 0.15) is 14.5 Å². The van der Waals surface area contributed by atoms with E-state index in [9.17, 15) is 4.79 Å². The minimum Gasteiger partial charge on any atom is -0.497 e. The average molecular weight is 591 g/mol.